The Bertz CT molecular complexity index is 1770. The minimum Gasteiger partial charge on any atom is -0.491 e. The molecule has 10 heteroatoms. The smallest absolute Gasteiger partial charge is 0.159 e. The van der Waals surface area contributed by atoms with Crippen molar-refractivity contribution in [2.75, 3.05) is 26.2 Å². The molecular weight excluding hydrogens is 495 g/mol. The minimum absolute atomic E-state index is 0.289. The molecular formula is C29H25FN8O. The summed E-state index contributed by atoms with van der Waals surface area (Å²) in [4.78, 5) is 24.0. The van der Waals surface area contributed by atoms with Crippen LogP contribution in [0.5, 0.6) is 5.75 Å². The molecule has 0 spiro atoms. The molecule has 194 valence electrons. The van der Waals surface area contributed by atoms with Crippen molar-refractivity contribution in [2.45, 2.75) is 12.8 Å². The highest BCUT2D eigenvalue weighted by atomic mass is 19.1. The second kappa shape index (κ2) is 9.88. The summed E-state index contributed by atoms with van der Waals surface area (Å²) < 4.78 is 19.5. The van der Waals surface area contributed by atoms with Crippen LogP contribution in [0.1, 0.15) is 12.8 Å². The number of ether oxygens (including phenoxy) is 1. The molecule has 0 radical (unpaired) electrons. The van der Waals surface area contributed by atoms with Crippen molar-refractivity contribution in [3.63, 3.8) is 0 Å². The molecule has 1 fully saturated rings. The number of aromatic nitrogens is 7. The molecule has 0 unspecified atom stereocenters. The molecule has 7 rings (SSSR count). The molecule has 0 bridgehead atoms. The molecule has 39 heavy (non-hydrogen) atoms. The first kappa shape index (κ1) is 23.4. The van der Waals surface area contributed by atoms with Crippen LogP contribution in [-0.2, 0) is 0 Å². The van der Waals surface area contributed by atoms with Gasteiger partial charge in [0.2, 0.25) is 0 Å². The zero-order chi connectivity index (χ0) is 26.2. The maximum Gasteiger partial charge on any atom is 0.159 e. The topological polar surface area (TPSA) is 108 Å². The highest BCUT2D eigenvalue weighted by Gasteiger charge is 2.17. The number of aromatic amines is 2. The fraction of sp³-hybridized carbons (Fsp3) is 0.207. The van der Waals surface area contributed by atoms with Crippen LogP contribution in [0.15, 0.2) is 67.4 Å². The summed E-state index contributed by atoms with van der Waals surface area (Å²) in [5.74, 6) is 1.03. The molecule has 0 aliphatic carbocycles. The van der Waals surface area contributed by atoms with Crippen LogP contribution < -0.4 is 4.74 Å². The van der Waals surface area contributed by atoms with Crippen molar-refractivity contribution in [2.24, 2.45) is 0 Å². The number of likely N-dealkylation sites (tertiary alicyclic amines) is 1. The third-order valence-corrected chi connectivity index (χ3v) is 7.10. The lowest BCUT2D eigenvalue weighted by molar-refractivity contribution is 0.237. The molecule has 5 aromatic heterocycles. The van der Waals surface area contributed by atoms with Gasteiger partial charge in [-0.25, -0.2) is 9.37 Å². The average molecular weight is 521 g/mol. The lowest BCUT2D eigenvalue weighted by Crippen LogP contribution is -2.25. The third-order valence-electron chi connectivity index (χ3n) is 7.10. The van der Waals surface area contributed by atoms with Crippen LogP contribution in [-0.4, -0.2) is 66.3 Å². The van der Waals surface area contributed by atoms with Crippen LogP contribution in [0.25, 0.3) is 55.8 Å². The Morgan fingerprint density at radius 3 is 2.62 bits per heavy atom. The number of nitrogens with zero attached hydrogens (tertiary/aromatic N) is 6. The first-order chi connectivity index (χ1) is 19.2. The fourth-order valence-electron chi connectivity index (χ4n) is 5.08. The molecule has 0 saturated carbocycles. The summed E-state index contributed by atoms with van der Waals surface area (Å²) in [7, 11) is 0. The molecule has 0 atom stereocenters. The van der Waals surface area contributed by atoms with Crippen molar-refractivity contribution in [3.05, 3.63) is 73.2 Å². The summed E-state index contributed by atoms with van der Waals surface area (Å²) in [6, 6.07) is 10.2. The predicted molar refractivity (Wildman–Crippen MR) is 147 cm³/mol. The number of nitrogens with one attached hydrogen (secondary N) is 2. The molecule has 1 aromatic carbocycles. The molecule has 2 N–H and O–H groups in total. The molecule has 6 heterocycles. The maximum atomic E-state index is 13.5. The van der Waals surface area contributed by atoms with Crippen molar-refractivity contribution < 1.29 is 9.13 Å². The molecule has 1 saturated heterocycles. The van der Waals surface area contributed by atoms with Crippen LogP contribution >= 0.6 is 0 Å². The highest BCUT2D eigenvalue weighted by Crippen LogP contribution is 2.32. The fourth-order valence-corrected chi connectivity index (χ4v) is 5.08. The second-order valence-electron chi connectivity index (χ2n) is 9.67. The van der Waals surface area contributed by atoms with Crippen molar-refractivity contribution in [1.29, 1.82) is 0 Å². The normalized spacial score (nSPS) is 14.0. The lowest BCUT2D eigenvalue weighted by Gasteiger charge is -2.15. The largest absolute Gasteiger partial charge is 0.491 e. The van der Waals surface area contributed by atoms with E-state index in [1.165, 1.54) is 25.0 Å². The summed E-state index contributed by atoms with van der Waals surface area (Å²) >= 11 is 0. The molecule has 9 nitrogen and oxygen atoms in total. The van der Waals surface area contributed by atoms with Gasteiger partial charge in [-0.2, -0.15) is 5.10 Å². The number of halogens is 1. The SMILES string of the molecule is Fc1ccc(-c2cncc3[nH]c(-c4n[nH]c5cnc(-c6cncc(OCCN7CCCC7)c6)cc45)nc23)cc1. The van der Waals surface area contributed by atoms with E-state index in [2.05, 4.69) is 35.0 Å². The van der Waals surface area contributed by atoms with Gasteiger partial charge in [-0.1, -0.05) is 12.1 Å². The van der Waals surface area contributed by atoms with Gasteiger partial charge in [0.15, 0.2) is 5.82 Å². The summed E-state index contributed by atoms with van der Waals surface area (Å²) in [5, 5.41) is 8.46. The van der Waals surface area contributed by atoms with Gasteiger partial charge >= 0.3 is 0 Å². The third kappa shape index (κ3) is 4.59. The zero-order valence-corrected chi connectivity index (χ0v) is 21.1. The van der Waals surface area contributed by atoms with Crippen LogP contribution in [0.3, 0.4) is 0 Å². The van der Waals surface area contributed by atoms with E-state index in [4.69, 9.17) is 9.72 Å². The Labute approximate surface area is 223 Å². The van der Waals surface area contributed by atoms with Gasteiger partial charge in [-0.15, -0.1) is 0 Å². The van der Waals surface area contributed by atoms with E-state index in [1.807, 2.05) is 12.1 Å². The number of hydrogen-bond donors (Lipinski definition) is 2. The summed E-state index contributed by atoms with van der Waals surface area (Å²) in [6.07, 6.45) is 11.3. The second-order valence-corrected chi connectivity index (χ2v) is 9.67. The number of rotatable bonds is 7. The van der Waals surface area contributed by atoms with Gasteiger partial charge < -0.3 is 9.72 Å². The molecule has 1 aliphatic rings. The number of H-pyrrole nitrogens is 2. The van der Waals surface area contributed by atoms with Crippen LogP contribution in [0, 0.1) is 5.82 Å². The monoisotopic (exact) mass is 520 g/mol. The van der Waals surface area contributed by atoms with Crippen molar-refractivity contribution in [1.82, 2.24) is 40.0 Å². The van der Waals surface area contributed by atoms with Gasteiger partial charge in [-0.05, 0) is 55.8 Å². The van der Waals surface area contributed by atoms with Crippen molar-refractivity contribution in [3.8, 4) is 39.7 Å². The highest BCUT2D eigenvalue weighted by molar-refractivity contribution is 5.97. The Hall–Kier alpha value is -4.70. The van der Waals surface area contributed by atoms with Gasteiger partial charge in [0.05, 0.1) is 40.8 Å². The lowest BCUT2D eigenvalue weighted by atomic mass is 10.1. The number of hydrogen-bond acceptors (Lipinski definition) is 7. The van der Waals surface area contributed by atoms with Gasteiger partial charge in [0.1, 0.15) is 23.9 Å². The summed E-state index contributed by atoms with van der Waals surface area (Å²) in [6.45, 7) is 3.84. The van der Waals surface area contributed by atoms with E-state index >= 15 is 0 Å². The molecule has 6 aromatic rings. The van der Waals surface area contributed by atoms with Crippen LogP contribution in [0.4, 0.5) is 4.39 Å². The van der Waals surface area contributed by atoms with Gasteiger partial charge in [-0.3, -0.25) is 25.0 Å². The Balaban J connectivity index is 1.20. The summed E-state index contributed by atoms with van der Waals surface area (Å²) in [5.41, 5.74) is 6.21. The Morgan fingerprint density at radius 2 is 1.74 bits per heavy atom. The molecule has 0 amide bonds. The standard InChI is InChI=1S/C29H25FN8O/c30-20-5-3-18(4-6-20)23-15-32-16-26-27(23)35-29(34-26)28-22-12-24(33-17-25(22)36-37-28)19-11-21(14-31-13-19)39-10-9-38-7-1-2-8-38/h3-6,11-17H,1-2,7-10H2,(H,34,35)(H,36,37). The van der Waals surface area contributed by atoms with Gasteiger partial charge in [0, 0.05) is 35.5 Å². The zero-order valence-electron chi connectivity index (χ0n) is 21.1. The number of fused-ring (bicyclic) bond motifs is 2. The minimum atomic E-state index is -0.289. The van der Waals surface area contributed by atoms with E-state index in [-0.39, 0.29) is 5.82 Å². The predicted octanol–water partition coefficient (Wildman–Crippen LogP) is 5.24. The number of imidazole rings is 1. The first-order valence-electron chi connectivity index (χ1n) is 13.0. The van der Waals surface area contributed by atoms with E-state index in [9.17, 15) is 4.39 Å². The van der Waals surface area contributed by atoms with E-state index < -0.39 is 0 Å². The van der Waals surface area contributed by atoms with E-state index in [1.54, 1.807) is 43.1 Å². The van der Waals surface area contributed by atoms with Crippen molar-refractivity contribution >= 4 is 21.9 Å². The first-order valence-corrected chi connectivity index (χ1v) is 13.0. The number of benzene rings is 1. The van der Waals surface area contributed by atoms with Gasteiger partial charge in [0.25, 0.3) is 0 Å². The number of pyridine rings is 3. The quantitative estimate of drug-likeness (QED) is 0.296. The Kier molecular flexibility index (Phi) is 5.93. The molecule has 1 aliphatic heterocycles. The van der Waals surface area contributed by atoms with E-state index in [0.29, 0.717) is 18.1 Å². The van der Waals surface area contributed by atoms with Crippen LogP contribution in [0.2, 0.25) is 0 Å². The Morgan fingerprint density at radius 1 is 0.897 bits per heavy atom. The average Bonchev–Trinajstić information content (AvgIpc) is 3.73. The van der Waals surface area contributed by atoms with E-state index in [0.717, 1.165) is 69.7 Å². The maximum absolute atomic E-state index is 13.5.